The molecule has 0 saturated heterocycles. The van der Waals surface area contributed by atoms with E-state index in [9.17, 15) is 13.2 Å². The molecule has 2 amide bonds. The number of aryl methyl sites for hydroxylation is 1. The number of rotatable bonds is 4. The molecule has 0 spiro atoms. The fraction of sp³-hybridized carbons (Fsp3) is 0.562. The second-order valence-electron chi connectivity index (χ2n) is 4.16. The van der Waals surface area contributed by atoms with Gasteiger partial charge in [0.1, 0.15) is 0 Å². The van der Waals surface area contributed by atoms with Crippen LogP contribution in [0.4, 0.5) is 4.79 Å². The highest BCUT2D eigenvalue weighted by Crippen LogP contribution is 2.11. The van der Waals surface area contributed by atoms with Gasteiger partial charge in [-0.15, -0.1) is 0 Å². The minimum atomic E-state index is -3.52. The summed E-state index contributed by atoms with van der Waals surface area (Å²) in [4.78, 5) is 12.9. The smallest absolute Gasteiger partial charge is 0.323 e. The highest BCUT2D eigenvalue weighted by atomic mass is 32.2. The van der Waals surface area contributed by atoms with E-state index in [1.807, 2.05) is 63.6 Å². The van der Waals surface area contributed by atoms with Crippen LogP contribution in [0.2, 0.25) is 0 Å². The SMILES string of the molecule is CC.CC.CCc1ccccc1CN(C)C(=O)NS(C)(=O)=O. The average Bonchev–Trinajstić information content (AvgIpc) is 2.50. The standard InChI is InChI=1S/C12H18N2O3S.2C2H6/c1-4-10-7-5-6-8-11(10)9-14(2)12(15)13-18(3,16)17;2*1-2/h5-8H,4,9H2,1-3H3,(H,13,15);2*1-2H3. The number of nitrogens with zero attached hydrogens (tertiary/aromatic N) is 1. The Hall–Kier alpha value is -1.56. The predicted molar refractivity (Wildman–Crippen MR) is 93.4 cm³/mol. The Labute approximate surface area is 135 Å². The van der Waals surface area contributed by atoms with E-state index >= 15 is 0 Å². The van der Waals surface area contributed by atoms with Crippen molar-refractivity contribution < 1.29 is 13.2 Å². The van der Waals surface area contributed by atoms with Crippen LogP contribution < -0.4 is 4.72 Å². The average molecular weight is 330 g/mol. The van der Waals surface area contributed by atoms with Crippen LogP contribution in [0.3, 0.4) is 0 Å². The third-order valence-electron chi connectivity index (χ3n) is 2.53. The molecule has 6 heteroatoms. The zero-order valence-electron chi connectivity index (χ0n) is 14.8. The topological polar surface area (TPSA) is 66.5 Å². The van der Waals surface area contributed by atoms with E-state index in [4.69, 9.17) is 0 Å². The Morgan fingerprint density at radius 3 is 1.95 bits per heavy atom. The van der Waals surface area contributed by atoms with Gasteiger partial charge in [0.15, 0.2) is 0 Å². The second-order valence-corrected chi connectivity index (χ2v) is 5.91. The quantitative estimate of drug-likeness (QED) is 0.920. The van der Waals surface area contributed by atoms with Crippen molar-refractivity contribution in [1.82, 2.24) is 9.62 Å². The first-order valence-electron chi connectivity index (χ1n) is 7.63. The lowest BCUT2D eigenvalue weighted by atomic mass is 10.1. The largest absolute Gasteiger partial charge is 0.331 e. The number of benzene rings is 1. The molecule has 0 aliphatic heterocycles. The lowest BCUT2D eigenvalue weighted by molar-refractivity contribution is 0.213. The van der Waals surface area contributed by atoms with Crippen LogP contribution in [0.1, 0.15) is 45.7 Å². The zero-order chi connectivity index (χ0) is 17.8. The molecule has 0 heterocycles. The molecule has 1 rings (SSSR count). The summed E-state index contributed by atoms with van der Waals surface area (Å²) in [5.74, 6) is 0. The molecule has 1 N–H and O–H groups in total. The fourth-order valence-electron chi connectivity index (χ4n) is 1.62. The minimum absolute atomic E-state index is 0.380. The van der Waals surface area contributed by atoms with Gasteiger partial charge in [0.25, 0.3) is 0 Å². The first kappa shape index (κ1) is 22.7. The first-order valence-corrected chi connectivity index (χ1v) is 9.52. The molecule has 0 radical (unpaired) electrons. The molecule has 0 unspecified atom stereocenters. The van der Waals surface area contributed by atoms with E-state index in [2.05, 4.69) is 0 Å². The number of hydrogen-bond donors (Lipinski definition) is 1. The van der Waals surface area contributed by atoms with Crippen molar-refractivity contribution >= 4 is 16.1 Å². The van der Waals surface area contributed by atoms with Gasteiger partial charge in [-0.2, -0.15) is 0 Å². The van der Waals surface area contributed by atoms with Crippen LogP contribution in [-0.4, -0.2) is 32.7 Å². The van der Waals surface area contributed by atoms with E-state index in [1.54, 1.807) is 7.05 Å². The van der Waals surface area contributed by atoms with Gasteiger partial charge in [-0.1, -0.05) is 58.9 Å². The van der Waals surface area contributed by atoms with E-state index in [1.165, 1.54) is 4.90 Å². The van der Waals surface area contributed by atoms with Crippen LogP contribution in [0.5, 0.6) is 0 Å². The number of carbonyl (C=O) groups is 1. The van der Waals surface area contributed by atoms with Crippen LogP contribution in [0.25, 0.3) is 0 Å². The molecule has 0 saturated carbocycles. The Bertz CT molecular complexity index is 528. The fourth-order valence-corrected chi connectivity index (χ4v) is 2.09. The van der Waals surface area contributed by atoms with Gasteiger partial charge >= 0.3 is 6.03 Å². The molecule has 0 aliphatic rings. The molecule has 1 aromatic rings. The molecule has 5 nitrogen and oxygen atoms in total. The minimum Gasteiger partial charge on any atom is -0.323 e. The van der Waals surface area contributed by atoms with Crippen molar-refractivity contribution in [2.75, 3.05) is 13.3 Å². The lowest BCUT2D eigenvalue weighted by Crippen LogP contribution is -2.39. The number of sulfonamides is 1. The van der Waals surface area contributed by atoms with Gasteiger partial charge in [0, 0.05) is 13.6 Å². The highest BCUT2D eigenvalue weighted by molar-refractivity contribution is 7.89. The van der Waals surface area contributed by atoms with Gasteiger partial charge in [-0.05, 0) is 17.5 Å². The monoisotopic (exact) mass is 330 g/mol. The summed E-state index contributed by atoms with van der Waals surface area (Å²) in [5, 5.41) is 0. The number of amides is 2. The number of hydrogen-bond acceptors (Lipinski definition) is 3. The molecule has 1 aromatic carbocycles. The Morgan fingerprint density at radius 2 is 1.55 bits per heavy atom. The summed E-state index contributed by atoms with van der Waals surface area (Å²) in [7, 11) is -1.96. The van der Waals surface area contributed by atoms with Crippen molar-refractivity contribution in [2.24, 2.45) is 0 Å². The molecule has 0 aliphatic carbocycles. The van der Waals surface area contributed by atoms with Crippen LogP contribution in [-0.2, 0) is 23.0 Å². The van der Waals surface area contributed by atoms with E-state index in [-0.39, 0.29) is 0 Å². The Balaban J connectivity index is 0. The van der Waals surface area contributed by atoms with Crippen molar-refractivity contribution in [3.8, 4) is 0 Å². The summed E-state index contributed by atoms with van der Waals surface area (Å²) in [5.41, 5.74) is 2.17. The predicted octanol–water partition coefficient (Wildman–Crippen LogP) is 3.40. The molecule has 22 heavy (non-hydrogen) atoms. The lowest BCUT2D eigenvalue weighted by Gasteiger charge is -2.18. The second kappa shape index (κ2) is 12.0. The van der Waals surface area contributed by atoms with Gasteiger partial charge in [-0.3, -0.25) is 0 Å². The summed E-state index contributed by atoms with van der Waals surface area (Å²) in [6.45, 7) is 10.4. The number of carbonyl (C=O) groups excluding carboxylic acids is 1. The molecule has 0 bridgehead atoms. The van der Waals surface area contributed by atoms with Crippen molar-refractivity contribution in [2.45, 2.75) is 47.6 Å². The van der Waals surface area contributed by atoms with Gasteiger partial charge < -0.3 is 4.90 Å². The zero-order valence-corrected chi connectivity index (χ0v) is 15.6. The van der Waals surface area contributed by atoms with Crippen LogP contribution in [0.15, 0.2) is 24.3 Å². The third-order valence-corrected chi connectivity index (χ3v) is 3.07. The maximum atomic E-state index is 11.6. The van der Waals surface area contributed by atoms with Crippen LogP contribution in [0, 0.1) is 0 Å². The molecule has 0 fully saturated rings. The molecule has 0 aromatic heterocycles. The van der Waals surface area contributed by atoms with Crippen molar-refractivity contribution in [3.05, 3.63) is 35.4 Å². The van der Waals surface area contributed by atoms with E-state index < -0.39 is 16.1 Å². The van der Waals surface area contributed by atoms with Gasteiger partial charge in [0.05, 0.1) is 6.26 Å². The molecule has 128 valence electrons. The summed E-state index contributed by atoms with van der Waals surface area (Å²) < 4.78 is 23.9. The van der Waals surface area contributed by atoms with Gasteiger partial charge in [0.2, 0.25) is 10.0 Å². The highest BCUT2D eigenvalue weighted by Gasteiger charge is 2.14. The van der Waals surface area contributed by atoms with Crippen molar-refractivity contribution in [1.29, 1.82) is 0 Å². The summed E-state index contributed by atoms with van der Waals surface area (Å²) in [6, 6.07) is 7.15. The molecular formula is C16H30N2O3S. The number of nitrogens with one attached hydrogen (secondary N) is 1. The third kappa shape index (κ3) is 9.39. The summed E-state index contributed by atoms with van der Waals surface area (Å²) in [6.07, 6.45) is 1.83. The van der Waals surface area contributed by atoms with Gasteiger partial charge in [-0.25, -0.2) is 17.9 Å². The van der Waals surface area contributed by atoms with Crippen molar-refractivity contribution in [3.63, 3.8) is 0 Å². The maximum Gasteiger partial charge on any atom is 0.331 e. The maximum absolute atomic E-state index is 11.6. The van der Waals surface area contributed by atoms with Crippen LogP contribution >= 0.6 is 0 Å². The first-order chi connectivity index (χ1) is 10.3. The Kier molecular flexibility index (Phi) is 12.4. The molecular weight excluding hydrogens is 300 g/mol. The summed E-state index contributed by atoms with van der Waals surface area (Å²) >= 11 is 0. The van der Waals surface area contributed by atoms with E-state index in [0.29, 0.717) is 6.54 Å². The molecule has 0 atom stereocenters. The number of urea groups is 1. The normalized spacial score (nSPS) is 9.59. The Morgan fingerprint density at radius 1 is 1.09 bits per heavy atom. The van der Waals surface area contributed by atoms with E-state index in [0.717, 1.165) is 23.8 Å².